The first kappa shape index (κ1) is 12.2. The van der Waals surface area contributed by atoms with Gasteiger partial charge in [0.05, 0.1) is 6.54 Å². The van der Waals surface area contributed by atoms with Crippen LogP contribution in [0.15, 0.2) is 16.5 Å². The summed E-state index contributed by atoms with van der Waals surface area (Å²) < 4.78 is 5.18. The van der Waals surface area contributed by atoms with E-state index in [4.69, 9.17) is 9.52 Å². The highest BCUT2D eigenvalue weighted by atomic mass is 16.4. The van der Waals surface area contributed by atoms with E-state index in [0.29, 0.717) is 23.6 Å². The van der Waals surface area contributed by atoms with Gasteiger partial charge in [-0.15, -0.1) is 0 Å². The minimum absolute atomic E-state index is 0.00629. The van der Waals surface area contributed by atoms with Crippen LogP contribution in [0.4, 0.5) is 0 Å². The molecule has 4 heteroatoms. The maximum Gasteiger partial charge on any atom is 0.371 e. The van der Waals surface area contributed by atoms with Crippen LogP contribution in [0.25, 0.3) is 0 Å². The fraction of sp³-hybridized carbons (Fsp3) is 0.615. The summed E-state index contributed by atoms with van der Waals surface area (Å²) in [6.45, 7) is 6.09. The summed E-state index contributed by atoms with van der Waals surface area (Å²) in [7, 11) is 0. The molecule has 0 radical (unpaired) electrons. The minimum Gasteiger partial charge on any atom is -0.475 e. The standard InChI is InChI=1S/C13H19NO3/c1-9(2)13(5-6-13)8-14-7-10-3-4-11(17-10)12(15)16/h3-4,9,14H,5-8H2,1-2H3,(H,15,16). The quantitative estimate of drug-likeness (QED) is 0.798. The zero-order chi connectivity index (χ0) is 12.5. The van der Waals surface area contributed by atoms with Crippen LogP contribution in [0, 0.1) is 11.3 Å². The Bertz CT molecular complexity index is 405. The third-order valence-corrected chi connectivity index (χ3v) is 3.77. The van der Waals surface area contributed by atoms with Gasteiger partial charge in [-0.25, -0.2) is 4.79 Å². The van der Waals surface area contributed by atoms with E-state index in [0.717, 1.165) is 6.54 Å². The van der Waals surface area contributed by atoms with Crippen molar-refractivity contribution < 1.29 is 14.3 Å². The molecule has 0 aliphatic heterocycles. The van der Waals surface area contributed by atoms with Crippen molar-refractivity contribution in [1.82, 2.24) is 5.32 Å². The number of hydrogen-bond donors (Lipinski definition) is 2. The summed E-state index contributed by atoms with van der Waals surface area (Å²) in [4.78, 5) is 10.6. The lowest BCUT2D eigenvalue weighted by Crippen LogP contribution is -2.27. The number of carbonyl (C=O) groups is 1. The topological polar surface area (TPSA) is 62.5 Å². The Labute approximate surface area is 101 Å². The van der Waals surface area contributed by atoms with Crippen LogP contribution in [0.3, 0.4) is 0 Å². The Hall–Kier alpha value is -1.29. The lowest BCUT2D eigenvalue weighted by atomic mass is 9.92. The van der Waals surface area contributed by atoms with E-state index >= 15 is 0 Å². The third kappa shape index (κ3) is 2.69. The van der Waals surface area contributed by atoms with Gasteiger partial charge >= 0.3 is 5.97 Å². The van der Waals surface area contributed by atoms with Gasteiger partial charge < -0.3 is 14.8 Å². The molecular formula is C13H19NO3. The molecule has 1 fully saturated rings. The second kappa shape index (κ2) is 4.53. The normalized spacial score (nSPS) is 17.4. The van der Waals surface area contributed by atoms with Crippen molar-refractivity contribution in [3.63, 3.8) is 0 Å². The van der Waals surface area contributed by atoms with Gasteiger partial charge in [-0.3, -0.25) is 0 Å². The van der Waals surface area contributed by atoms with Crippen molar-refractivity contribution >= 4 is 5.97 Å². The van der Waals surface area contributed by atoms with Crippen LogP contribution in [-0.2, 0) is 6.54 Å². The fourth-order valence-corrected chi connectivity index (χ4v) is 2.14. The number of hydrogen-bond acceptors (Lipinski definition) is 3. The van der Waals surface area contributed by atoms with Crippen LogP contribution in [0.1, 0.15) is 43.0 Å². The molecule has 2 rings (SSSR count). The first-order chi connectivity index (χ1) is 8.03. The Balaban J connectivity index is 1.80. The lowest BCUT2D eigenvalue weighted by Gasteiger charge is -2.19. The molecule has 0 aromatic carbocycles. The van der Waals surface area contributed by atoms with Crippen LogP contribution < -0.4 is 5.32 Å². The second-order valence-electron chi connectivity index (χ2n) is 5.19. The summed E-state index contributed by atoms with van der Waals surface area (Å²) in [6, 6.07) is 3.21. The van der Waals surface area contributed by atoms with Crippen molar-refractivity contribution in [1.29, 1.82) is 0 Å². The van der Waals surface area contributed by atoms with Gasteiger partial charge in [-0.05, 0) is 36.3 Å². The van der Waals surface area contributed by atoms with E-state index in [1.54, 1.807) is 6.07 Å². The molecule has 2 N–H and O–H groups in total. The molecule has 94 valence electrons. The molecule has 4 nitrogen and oxygen atoms in total. The molecule has 17 heavy (non-hydrogen) atoms. The van der Waals surface area contributed by atoms with Gasteiger partial charge in [0.2, 0.25) is 5.76 Å². The Morgan fingerprint density at radius 3 is 2.71 bits per heavy atom. The Kier molecular flexibility index (Phi) is 3.24. The zero-order valence-electron chi connectivity index (χ0n) is 10.3. The van der Waals surface area contributed by atoms with Gasteiger partial charge in [0.1, 0.15) is 5.76 Å². The Morgan fingerprint density at radius 1 is 1.53 bits per heavy atom. The van der Waals surface area contributed by atoms with Crippen molar-refractivity contribution in [2.45, 2.75) is 33.2 Å². The van der Waals surface area contributed by atoms with Gasteiger partial charge in [-0.1, -0.05) is 13.8 Å². The maximum absolute atomic E-state index is 10.6. The summed E-state index contributed by atoms with van der Waals surface area (Å²) >= 11 is 0. The predicted octanol–water partition coefficient (Wildman–Crippen LogP) is 2.50. The van der Waals surface area contributed by atoms with Gasteiger partial charge in [0, 0.05) is 6.54 Å². The van der Waals surface area contributed by atoms with Crippen molar-refractivity contribution in [3.05, 3.63) is 23.7 Å². The van der Waals surface area contributed by atoms with Crippen molar-refractivity contribution in [2.75, 3.05) is 6.54 Å². The molecular weight excluding hydrogens is 218 g/mol. The van der Waals surface area contributed by atoms with Gasteiger partial charge in [0.15, 0.2) is 0 Å². The van der Waals surface area contributed by atoms with Crippen LogP contribution in [0.5, 0.6) is 0 Å². The summed E-state index contributed by atoms with van der Waals surface area (Å²) in [5.74, 6) is 0.368. The average molecular weight is 237 g/mol. The number of aromatic carboxylic acids is 1. The minimum atomic E-state index is -1.02. The van der Waals surface area contributed by atoms with Crippen LogP contribution in [-0.4, -0.2) is 17.6 Å². The van der Waals surface area contributed by atoms with Crippen molar-refractivity contribution in [2.24, 2.45) is 11.3 Å². The summed E-state index contributed by atoms with van der Waals surface area (Å²) in [5, 5.41) is 12.1. The highest BCUT2D eigenvalue weighted by Gasteiger charge is 2.44. The maximum atomic E-state index is 10.6. The Morgan fingerprint density at radius 2 is 2.24 bits per heavy atom. The van der Waals surface area contributed by atoms with E-state index in [2.05, 4.69) is 19.2 Å². The molecule has 1 aromatic heterocycles. The molecule has 0 spiro atoms. The molecule has 0 saturated heterocycles. The number of carboxylic acids is 1. The highest BCUT2D eigenvalue weighted by molar-refractivity contribution is 5.84. The monoisotopic (exact) mass is 237 g/mol. The first-order valence-corrected chi connectivity index (χ1v) is 6.06. The molecule has 0 atom stereocenters. The van der Waals surface area contributed by atoms with Gasteiger partial charge in [-0.2, -0.15) is 0 Å². The molecule has 1 saturated carbocycles. The molecule has 1 heterocycles. The summed E-state index contributed by atoms with van der Waals surface area (Å²) in [6.07, 6.45) is 2.58. The van der Waals surface area contributed by atoms with E-state index in [-0.39, 0.29) is 5.76 Å². The second-order valence-corrected chi connectivity index (χ2v) is 5.19. The average Bonchev–Trinajstić information content (AvgIpc) is 2.89. The van der Waals surface area contributed by atoms with E-state index in [1.165, 1.54) is 18.9 Å². The van der Waals surface area contributed by atoms with Crippen molar-refractivity contribution in [3.8, 4) is 0 Å². The fourth-order valence-electron chi connectivity index (χ4n) is 2.14. The number of nitrogens with one attached hydrogen (secondary N) is 1. The number of carboxylic acid groups (broad SMARTS) is 1. The predicted molar refractivity (Wildman–Crippen MR) is 63.9 cm³/mol. The molecule has 0 unspecified atom stereocenters. The summed E-state index contributed by atoms with van der Waals surface area (Å²) in [5.41, 5.74) is 0.461. The number of rotatable bonds is 6. The van der Waals surface area contributed by atoms with E-state index in [9.17, 15) is 4.79 Å². The molecule has 0 amide bonds. The molecule has 1 aromatic rings. The third-order valence-electron chi connectivity index (χ3n) is 3.77. The largest absolute Gasteiger partial charge is 0.475 e. The molecule has 1 aliphatic rings. The smallest absolute Gasteiger partial charge is 0.371 e. The molecule has 1 aliphatic carbocycles. The molecule has 0 bridgehead atoms. The first-order valence-electron chi connectivity index (χ1n) is 6.06. The van der Waals surface area contributed by atoms with Crippen LogP contribution >= 0.6 is 0 Å². The zero-order valence-corrected chi connectivity index (χ0v) is 10.3. The number of furan rings is 1. The van der Waals surface area contributed by atoms with Gasteiger partial charge in [0.25, 0.3) is 0 Å². The van der Waals surface area contributed by atoms with E-state index in [1.807, 2.05) is 0 Å². The highest BCUT2D eigenvalue weighted by Crippen LogP contribution is 2.51. The van der Waals surface area contributed by atoms with Crippen LogP contribution in [0.2, 0.25) is 0 Å². The SMILES string of the molecule is CC(C)C1(CNCc2ccc(C(=O)O)o2)CC1. The van der Waals surface area contributed by atoms with E-state index < -0.39 is 5.97 Å². The lowest BCUT2D eigenvalue weighted by molar-refractivity contribution is 0.0660.